The minimum absolute atomic E-state index is 0.120. The number of rotatable bonds is 5. The van der Waals surface area contributed by atoms with Crippen molar-refractivity contribution < 1.29 is 19.1 Å². The number of carbonyl (C=O) groups excluding carboxylic acids is 2. The molecule has 0 heterocycles. The van der Waals surface area contributed by atoms with Crippen molar-refractivity contribution in [3.63, 3.8) is 0 Å². The molecule has 1 saturated carbocycles. The molecule has 0 aromatic heterocycles. The fourth-order valence-corrected chi connectivity index (χ4v) is 1.93. The molecule has 0 aromatic rings. The number of ether oxygens (including phenoxy) is 2. The SMILES string of the molecule is C=C=CC(=C)C(=O)OC1CCC(OC(=O)C(=C)C)CC1. The Morgan fingerprint density at radius 1 is 1.05 bits per heavy atom. The Labute approximate surface area is 119 Å². The van der Waals surface area contributed by atoms with Crippen LogP contribution < -0.4 is 0 Å². The maximum atomic E-state index is 11.6. The molecule has 0 atom stereocenters. The normalized spacial score (nSPS) is 21.2. The van der Waals surface area contributed by atoms with Crippen LogP contribution in [0.4, 0.5) is 0 Å². The summed E-state index contributed by atoms with van der Waals surface area (Å²) >= 11 is 0. The summed E-state index contributed by atoms with van der Waals surface area (Å²) in [6.07, 6.45) is 3.82. The highest BCUT2D eigenvalue weighted by Crippen LogP contribution is 2.24. The first-order valence-electron chi connectivity index (χ1n) is 6.56. The molecule has 1 aliphatic carbocycles. The van der Waals surface area contributed by atoms with Gasteiger partial charge in [-0.2, -0.15) is 0 Å². The largest absolute Gasteiger partial charge is 0.459 e. The van der Waals surface area contributed by atoms with Gasteiger partial charge < -0.3 is 9.47 Å². The van der Waals surface area contributed by atoms with Gasteiger partial charge in [0.05, 0.1) is 5.57 Å². The Hall–Kier alpha value is -2.06. The van der Waals surface area contributed by atoms with Gasteiger partial charge in [0, 0.05) is 5.57 Å². The Morgan fingerprint density at radius 3 is 1.90 bits per heavy atom. The summed E-state index contributed by atoms with van der Waals surface area (Å²) in [7, 11) is 0. The fraction of sp³-hybridized carbons (Fsp3) is 0.438. The lowest BCUT2D eigenvalue weighted by atomic mass is 9.95. The number of carbonyl (C=O) groups is 2. The lowest BCUT2D eigenvalue weighted by molar-refractivity contribution is -0.153. The van der Waals surface area contributed by atoms with Crippen molar-refractivity contribution in [3.8, 4) is 0 Å². The molecule has 0 N–H and O–H groups in total. The zero-order chi connectivity index (χ0) is 15.1. The third kappa shape index (κ3) is 4.90. The summed E-state index contributed by atoms with van der Waals surface area (Å²) in [5.74, 6) is -0.821. The van der Waals surface area contributed by atoms with Crippen molar-refractivity contribution in [2.75, 3.05) is 0 Å². The van der Waals surface area contributed by atoms with Gasteiger partial charge in [-0.1, -0.05) is 19.7 Å². The fourth-order valence-electron chi connectivity index (χ4n) is 1.93. The molecule has 20 heavy (non-hydrogen) atoms. The van der Waals surface area contributed by atoms with Crippen LogP contribution in [0.25, 0.3) is 0 Å². The highest BCUT2D eigenvalue weighted by Gasteiger charge is 2.26. The summed E-state index contributed by atoms with van der Waals surface area (Å²) in [6, 6.07) is 0. The standard InChI is InChI=1S/C16H20O4/c1-5-6-12(4)16(18)20-14-9-7-13(8-10-14)19-15(17)11(2)3/h6,13-14H,1-2,4,7-10H2,3H3. The molecular weight excluding hydrogens is 256 g/mol. The van der Waals surface area contributed by atoms with Crippen LogP contribution in [0.5, 0.6) is 0 Å². The Balaban J connectivity index is 2.37. The molecular formula is C16H20O4. The zero-order valence-corrected chi connectivity index (χ0v) is 11.8. The molecule has 4 heteroatoms. The van der Waals surface area contributed by atoms with Crippen LogP contribution in [0, 0.1) is 0 Å². The maximum absolute atomic E-state index is 11.6. The lowest BCUT2D eigenvalue weighted by Gasteiger charge is -2.28. The van der Waals surface area contributed by atoms with Gasteiger partial charge in [-0.25, -0.2) is 9.59 Å². The molecule has 0 unspecified atom stereocenters. The Morgan fingerprint density at radius 2 is 1.50 bits per heavy atom. The topological polar surface area (TPSA) is 52.6 Å². The second-order valence-electron chi connectivity index (χ2n) is 4.86. The highest BCUT2D eigenvalue weighted by molar-refractivity contribution is 5.90. The third-order valence-electron chi connectivity index (χ3n) is 3.06. The zero-order valence-electron chi connectivity index (χ0n) is 11.8. The van der Waals surface area contributed by atoms with Crippen molar-refractivity contribution in [2.24, 2.45) is 0 Å². The van der Waals surface area contributed by atoms with E-state index in [-0.39, 0.29) is 23.8 Å². The molecule has 1 aliphatic rings. The van der Waals surface area contributed by atoms with Gasteiger partial charge in [-0.15, -0.1) is 5.73 Å². The van der Waals surface area contributed by atoms with Crippen LogP contribution in [-0.4, -0.2) is 24.1 Å². The molecule has 0 saturated heterocycles. The van der Waals surface area contributed by atoms with E-state index in [0.717, 1.165) is 0 Å². The van der Waals surface area contributed by atoms with Gasteiger partial charge in [0.2, 0.25) is 0 Å². The number of esters is 2. The molecule has 0 aliphatic heterocycles. The molecule has 0 amide bonds. The van der Waals surface area contributed by atoms with Crippen LogP contribution >= 0.6 is 0 Å². The van der Waals surface area contributed by atoms with Gasteiger partial charge in [0.1, 0.15) is 12.2 Å². The first kappa shape index (κ1) is 16.0. The molecule has 108 valence electrons. The van der Waals surface area contributed by atoms with Gasteiger partial charge in [0.25, 0.3) is 0 Å². The molecule has 0 aromatic carbocycles. The Bertz CT molecular complexity index is 461. The predicted octanol–water partition coefficient (Wildman–Crippen LogP) is 2.86. The third-order valence-corrected chi connectivity index (χ3v) is 3.06. The maximum Gasteiger partial charge on any atom is 0.338 e. The summed E-state index contributed by atoms with van der Waals surface area (Å²) in [5, 5.41) is 0. The van der Waals surface area contributed by atoms with Gasteiger partial charge in [-0.3, -0.25) is 0 Å². The summed E-state index contributed by atoms with van der Waals surface area (Å²) in [4.78, 5) is 23.0. The van der Waals surface area contributed by atoms with Crippen LogP contribution in [0.2, 0.25) is 0 Å². The average molecular weight is 276 g/mol. The van der Waals surface area contributed by atoms with Gasteiger partial charge in [-0.05, 0) is 38.7 Å². The highest BCUT2D eigenvalue weighted by atomic mass is 16.6. The predicted molar refractivity (Wildman–Crippen MR) is 75.9 cm³/mol. The average Bonchev–Trinajstić information content (AvgIpc) is 2.41. The monoisotopic (exact) mass is 276 g/mol. The van der Waals surface area contributed by atoms with Crippen LogP contribution in [0.15, 0.2) is 42.7 Å². The van der Waals surface area contributed by atoms with Crippen molar-refractivity contribution in [1.82, 2.24) is 0 Å². The second-order valence-corrected chi connectivity index (χ2v) is 4.86. The summed E-state index contributed by atoms with van der Waals surface area (Å²) in [5.41, 5.74) is 3.11. The summed E-state index contributed by atoms with van der Waals surface area (Å²) < 4.78 is 10.6. The molecule has 0 radical (unpaired) electrons. The Kier molecular flexibility index (Phi) is 6.01. The van der Waals surface area contributed by atoms with E-state index in [0.29, 0.717) is 31.3 Å². The molecule has 1 fully saturated rings. The molecule has 0 spiro atoms. The van der Waals surface area contributed by atoms with E-state index in [1.165, 1.54) is 6.08 Å². The van der Waals surface area contributed by atoms with E-state index in [4.69, 9.17) is 9.47 Å². The molecule has 0 bridgehead atoms. The first-order chi connectivity index (χ1) is 9.43. The van der Waals surface area contributed by atoms with Crippen molar-refractivity contribution >= 4 is 11.9 Å². The van der Waals surface area contributed by atoms with E-state index < -0.39 is 5.97 Å². The molecule has 1 rings (SSSR count). The van der Waals surface area contributed by atoms with E-state index in [9.17, 15) is 9.59 Å². The quantitative estimate of drug-likeness (QED) is 0.335. The van der Waals surface area contributed by atoms with E-state index >= 15 is 0 Å². The van der Waals surface area contributed by atoms with E-state index in [1.807, 2.05) is 0 Å². The van der Waals surface area contributed by atoms with Gasteiger partial charge in [0.15, 0.2) is 0 Å². The van der Waals surface area contributed by atoms with Crippen molar-refractivity contribution in [2.45, 2.75) is 44.8 Å². The second kappa shape index (κ2) is 7.51. The minimum Gasteiger partial charge on any atom is -0.459 e. The van der Waals surface area contributed by atoms with Gasteiger partial charge >= 0.3 is 11.9 Å². The van der Waals surface area contributed by atoms with E-state index in [1.54, 1.807) is 6.92 Å². The van der Waals surface area contributed by atoms with Crippen molar-refractivity contribution in [3.05, 3.63) is 42.7 Å². The number of hydrogen-bond acceptors (Lipinski definition) is 4. The van der Waals surface area contributed by atoms with Crippen LogP contribution in [-0.2, 0) is 19.1 Å². The summed E-state index contributed by atoms with van der Waals surface area (Å²) in [6.45, 7) is 12.1. The molecule has 4 nitrogen and oxygen atoms in total. The van der Waals surface area contributed by atoms with Crippen molar-refractivity contribution in [1.29, 1.82) is 0 Å². The van der Waals surface area contributed by atoms with Crippen LogP contribution in [0.3, 0.4) is 0 Å². The smallest absolute Gasteiger partial charge is 0.338 e. The van der Waals surface area contributed by atoms with Crippen LogP contribution in [0.1, 0.15) is 32.6 Å². The lowest BCUT2D eigenvalue weighted by Crippen LogP contribution is -2.30. The van der Waals surface area contributed by atoms with E-state index in [2.05, 4.69) is 25.5 Å². The number of hydrogen-bond donors (Lipinski definition) is 0. The minimum atomic E-state index is -0.455. The first-order valence-corrected chi connectivity index (χ1v) is 6.56.